The van der Waals surface area contributed by atoms with E-state index >= 15 is 0 Å². The molecule has 0 aliphatic heterocycles. The molecular formula is C8H13NS2. The fraction of sp³-hybridized carbons (Fsp3) is 0.375. The van der Waals surface area contributed by atoms with Crippen LogP contribution < -0.4 is 0 Å². The lowest BCUT2D eigenvalue weighted by atomic mass is 10.5. The van der Waals surface area contributed by atoms with E-state index in [0.29, 0.717) is 5.04 Å². The van der Waals surface area contributed by atoms with Crippen LogP contribution in [0, 0.1) is 5.41 Å². The molecule has 0 bridgehead atoms. The average Bonchev–Trinajstić information content (AvgIpc) is 2.59. The Morgan fingerprint density at radius 3 is 2.55 bits per heavy atom. The van der Waals surface area contributed by atoms with E-state index in [0.717, 1.165) is 4.88 Å². The lowest BCUT2D eigenvalue weighted by Gasteiger charge is -1.90. The van der Waals surface area contributed by atoms with Gasteiger partial charge in [0.1, 0.15) is 5.04 Å². The van der Waals surface area contributed by atoms with Crippen LogP contribution in [-0.2, 0) is 0 Å². The van der Waals surface area contributed by atoms with Crippen LogP contribution in [0.4, 0.5) is 0 Å². The molecule has 0 spiro atoms. The molecule has 1 heterocycles. The topological polar surface area (TPSA) is 23.9 Å². The maximum absolute atomic E-state index is 7.37. The van der Waals surface area contributed by atoms with Gasteiger partial charge in [0.2, 0.25) is 0 Å². The van der Waals surface area contributed by atoms with E-state index in [4.69, 9.17) is 5.41 Å². The molecule has 3 heteroatoms. The molecule has 11 heavy (non-hydrogen) atoms. The fourth-order valence-corrected chi connectivity index (χ4v) is 1.74. The Hall–Kier alpha value is -0.280. The first kappa shape index (κ1) is 10.7. The van der Waals surface area contributed by atoms with Crippen molar-refractivity contribution in [2.24, 2.45) is 0 Å². The second-order valence-electron chi connectivity index (χ2n) is 1.51. The number of hydrogen-bond acceptors (Lipinski definition) is 3. The van der Waals surface area contributed by atoms with Gasteiger partial charge in [-0.3, -0.25) is 5.41 Å². The Bertz CT molecular complexity index is 192. The smallest absolute Gasteiger partial charge is 0.104 e. The van der Waals surface area contributed by atoms with Crippen molar-refractivity contribution in [1.29, 1.82) is 5.41 Å². The molecular weight excluding hydrogens is 174 g/mol. The minimum atomic E-state index is 0.657. The van der Waals surface area contributed by atoms with Crippen molar-refractivity contribution < 1.29 is 0 Å². The monoisotopic (exact) mass is 187 g/mol. The van der Waals surface area contributed by atoms with E-state index in [-0.39, 0.29) is 0 Å². The molecule has 0 aliphatic carbocycles. The summed E-state index contributed by atoms with van der Waals surface area (Å²) in [7, 11) is 0. The quantitative estimate of drug-likeness (QED) is 0.528. The van der Waals surface area contributed by atoms with Crippen LogP contribution >= 0.6 is 23.1 Å². The minimum absolute atomic E-state index is 0.657. The number of hydrogen-bond donors (Lipinski definition) is 1. The summed E-state index contributed by atoms with van der Waals surface area (Å²) in [5.41, 5.74) is 0. The summed E-state index contributed by atoms with van der Waals surface area (Å²) < 4.78 is 0. The molecule has 0 radical (unpaired) electrons. The van der Waals surface area contributed by atoms with Crippen LogP contribution in [0.1, 0.15) is 18.7 Å². The Morgan fingerprint density at radius 2 is 2.18 bits per heavy atom. The summed E-state index contributed by atoms with van der Waals surface area (Å²) >= 11 is 3.09. The molecule has 1 nitrogen and oxygen atoms in total. The van der Waals surface area contributed by atoms with Crippen LogP contribution in [0.15, 0.2) is 17.5 Å². The lowest BCUT2D eigenvalue weighted by molar-refractivity contribution is 1.50. The fourth-order valence-electron chi connectivity index (χ4n) is 0.508. The molecule has 0 aromatic carbocycles. The molecule has 1 aromatic rings. The largest absolute Gasteiger partial charge is 0.293 e. The van der Waals surface area contributed by atoms with Crippen molar-refractivity contribution in [3.63, 3.8) is 0 Å². The van der Waals surface area contributed by atoms with Crippen LogP contribution in [0.25, 0.3) is 0 Å². The van der Waals surface area contributed by atoms with Gasteiger partial charge in [-0.15, -0.1) is 23.1 Å². The number of thiophene rings is 1. The van der Waals surface area contributed by atoms with Crippen molar-refractivity contribution in [2.75, 3.05) is 6.26 Å². The van der Waals surface area contributed by atoms with Gasteiger partial charge in [0.15, 0.2) is 0 Å². The summed E-state index contributed by atoms with van der Waals surface area (Å²) in [6.45, 7) is 4.00. The highest BCUT2D eigenvalue weighted by atomic mass is 32.2. The van der Waals surface area contributed by atoms with Crippen molar-refractivity contribution in [3.8, 4) is 0 Å². The molecule has 0 unspecified atom stereocenters. The highest BCUT2D eigenvalue weighted by molar-refractivity contribution is 8.14. The molecule has 0 aliphatic rings. The van der Waals surface area contributed by atoms with E-state index in [9.17, 15) is 0 Å². The maximum atomic E-state index is 7.37. The van der Waals surface area contributed by atoms with E-state index in [2.05, 4.69) is 0 Å². The average molecular weight is 187 g/mol. The highest BCUT2D eigenvalue weighted by Crippen LogP contribution is 2.14. The summed E-state index contributed by atoms with van der Waals surface area (Å²) in [6, 6.07) is 3.92. The molecule has 0 saturated carbocycles. The molecule has 0 fully saturated rings. The van der Waals surface area contributed by atoms with Gasteiger partial charge in [-0.1, -0.05) is 19.9 Å². The first-order chi connectivity index (χ1) is 5.34. The summed E-state index contributed by atoms with van der Waals surface area (Å²) in [5.74, 6) is 0. The van der Waals surface area contributed by atoms with Gasteiger partial charge in [-0.25, -0.2) is 0 Å². The Morgan fingerprint density at radius 1 is 1.55 bits per heavy atom. The molecule has 1 N–H and O–H groups in total. The summed E-state index contributed by atoms with van der Waals surface area (Å²) in [4.78, 5) is 1.06. The minimum Gasteiger partial charge on any atom is -0.293 e. The molecule has 0 atom stereocenters. The van der Waals surface area contributed by atoms with E-state index in [1.54, 1.807) is 11.3 Å². The Labute approximate surface area is 76.3 Å². The first-order valence-corrected chi connectivity index (χ1v) is 5.61. The molecule has 1 rings (SSSR count). The number of rotatable bonds is 1. The Kier molecular flexibility index (Phi) is 6.27. The third-order valence-corrected chi connectivity index (χ3v) is 2.59. The van der Waals surface area contributed by atoms with Gasteiger partial charge in [0.25, 0.3) is 0 Å². The molecule has 0 saturated heterocycles. The molecule has 62 valence electrons. The van der Waals surface area contributed by atoms with Crippen LogP contribution in [0.2, 0.25) is 0 Å². The van der Waals surface area contributed by atoms with E-state index < -0.39 is 0 Å². The van der Waals surface area contributed by atoms with Crippen LogP contribution in [0.5, 0.6) is 0 Å². The standard InChI is InChI=1S/C6H7NS2.C2H6/c1-8-6(7)5-3-2-4-9-5;1-2/h2-4,7H,1H3;1-2H3. The Balaban J connectivity index is 0.000000461. The zero-order chi connectivity index (χ0) is 8.69. The zero-order valence-corrected chi connectivity index (χ0v) is 8.68. The van der Waals surface area contributed by atoms with Gasteiger partial charge in [0, 0.05) is 0 Å². The second-order valence-corrected chi connectivity index (χ2v) is 3.27. The molecule has 0 amide bonds. The van der Waals surface area contributed by atoms with Crippen molar-refractivity contribution in [2.45, 2.75) is 13.8 Å². The van der Waals surface area contributed by atoms with Gasteiger partial charge in [0.05, 0.1) is 4.88 Å². The predicted molar refractivity (Wildman–Crippen MR) is 56.0 cm³/mol. The highest BCUT2D eigenvalue weighted by Gasteiger charge is 1.97. The van der Waals surface area contributed by atoms with Crippen molar-refractivity contribution >= 4 is 28.1 Å². The van der Waals surface area contributed by atoms with Gasteiger partial charge in [-0.05, 0) is 17.7 Å². The molecule has 1 aromatic heterocycles. The predicted octanol–water partition coefficient (Wildman–Crippen LogP) is 3.46. The maximum Gasteiger partial charge on any atom is 0.104 e. The van der Waals surface area contributed by atoms with E-state index in [1.807, 2.05) is 37.6 Å². The third-order valence-electron chi connectivity index (χ3n) is 0.949. The number of thioether (sulfide) groups is 1. The van der Waals surface area contributed by atoms with Gasteiger partial charge >= 0.3 is 0 Å². The van der Waals surface area contributed by atoms with E-state index in [1.165, 1.54) is 11.8 Å². The SMILES string of the molecule is CC.CSC(=N)c1cccs1. The number of nitrogens with one attached hydrogen (secondary N) is 1. The normalized spacial score (nSPS) is 8.27. The second kappa shape index (κ2) is 6.43. The van der Waals surface area contributed by atoms with Gasteiger partial charge in [-0.2, -0.15) is 0 Å². The van der Waals surface area contributed by atoms with Crippen LogP contribution in [0.3, 0.4) is 0 Å². The van der Waals surface area contributed by atoms with Crippen molar-refractivity contribution in [1.82, 2.24) is 0 Å². The van der Waals surface area contributed by atoms with Crippen LogP contribution in [-0.4, -0.2) is 11.3 Å². The zero-order valence-electron chi connectivity index (χ0n) is 7.05. The lowest BCUT2D eigenvalue weighted by Crippen LogP contribution is -1.84. The summed E-state index contributed by atoms with van der Waals surface area (Å²) in [6.07, 6.45) is 1.92. The van der Waals surface area contributed by atoms with Gasteiger partial charge < -0.3 is 0 Å². The summed E-state index contributed by atoms with van der Waals surface area (Å²) in [5, 5.41) is 10.0. The van der Waals surface area contributed by atoms with Crippen molar-refractivity contribution in [3.05, 3.63) is 22.4 Å². The first-order valence-electron chi connectivity index (χ1n) is 3.51. The third kappa shape index (κ3) is 3.58.